The molecule has 3 heteroatoms. The predicted molar refractivity (Wildman–Crippen MR) is 85.3 cm³/mol. The minimum absolute atomic E-state index is 0.369. The van der Waals surface area contributed by atoms with E-state index in [0.717, 1.165) is 17.5 Å². The summed E-state index contributed by atoms with van der Waals surface area (Å²) in [6.07, 6.45) is 2.72. The fraction of sp³-hybridized carbons (Fsp3) is 0.471. The third-order valence-corrected chi connectivity index (χ3v) is 5.26. The highest BCUT2D eigenvalue weighted by atomic mass is 32.1. The molecule has 0 bridgehead atoms. The maximum atomic E-state index is 4.52. The summed E-state index contributed by atoms with van der Waals surface area (Å²) in [5, 5.41) is 4.82. The van der Waals surface area contributed by atoms with Crippen molar-refractivity contribution in [2.45, 2.75) is 52.1 Å². The fourth-order valence-electron chi connectivity index (χ4n) is 2.79. The molecular weight excluding hydrogens is 264 g/mol. The Balaban J connectivity index is 1.69. The summed E-state index contributed by atoms with van der Waals surface area (Å²) in [7, 11) is 0. The van der Waals surface area contributed by atoms with Gasteiger partial charge in [-0.25, -0.2) is 4.98 Å². The molecule has 0 spiro atoms. The molecule has 1 aliphatic carbocycles. The van der Waals surface area contributed by atoms with E-state index in [1.165, 1.54) is 29.0 Å². The molecular formula is C17H22N2S. The van der Waals surface area contributed by atoms with Gasteiger partial charge in [0.1, 0.15) is 0 Å². The number of thiazole rings is 1. The minimum atomic E-state index is 0.369. The van der Waals surface area contributed by atoms with Gasteiger partial charge in [-0.15, -0.1) is 11.3 Å². The molecule has 1 unspecified atom stereocenters. The van der Waals surface area contributed by atoms with Crippen molar-refractivity contribution in [3.05, 3.63) is 51.0 Å². The van der Waals surface area contributed by atoms with E-state index >= 15 is 0 Å². The number of hydrogen-bond acceptors (Lipinski definition) is 3. The van der Waals surface area contributed by atoms with Crippen molar-refractivity contribution in [1.29, 1.82) is 0 Å². The highest BCUT2D eigenvalue weighted by Gasteiger charge is 2.25. The maximum absolute atomic E-state index is 4.52. The van der Waals surface area contributed by atoms with Crippen LogP contribution in [-0.4, -0.2) is 4.98 Å². The van der Waals surface area contributed by atoms with E-state index in [1.54, 1.807) is 16.9 Å². The summed E-state index contributed by atoms with van der Waals surface area (Å²) in [6, 6.07) is 9.24. The number of rotatable bonds is 5. The van der Waals surface area contributed by atoms with Gasteiger partial charge in [-0.1, -0.05) is 24.3 Å². The quantitative estimate of drug-likeness (QED) is 0.876. The van der Waals surface area contributed by atoms with Crippen molar-refractivity contribution in [3.8, 4) is 0 Å². The van der Waals surface area contributed by atoms with Crippen molar-refractivity contribution >= 4 is 11.3 Å². The molecule has 106 valence electrons. The first-order valence-electron chi connectivity index (χ1n) is 7.40. The average Bonchev–Trinajstić information content (AvgIpc) is 3.22. The SMILES string of the molecule is Cc1nc(C)c(C(C)NCc2ccccc2C2CC2)s1. The zero-order chi connectivity index (χ0) is 14.1. The average molecular weight is 286 g/mol. The summed E-state index contributed by atoms with van der Waals surface area (Å²) in [5.74, 6) is 0.815. The molecule has 3 rings (SSSR count). The van der Waals surface area contributed by atoms with Crippen molar-refractivity contribution in [1.82, 2.24) is 10.3 Å². The van der Waals surface area contributed by atoms with E-state index in [-0.39, 0.29) is 0 Å². The molecule has 20 heavy (non-hydrogen) atoms. The van der Waals surface area contributed by atoms with E-state index in [4.69, 9.17) is 0 Å². The van der Waals surface area contributed by atoms with Gasteiger partial charge in [0, 0.05) is 17.5 Å². The molecule has 1 atom stereocenters. The Bertz CT molecular complexity index is 599. The first-order chi connectivity index (χ1) is 9.65. The van der Waals surface area contributed by atoms with Gasteiger partial charge >= 0.3 is 0 Å². The van der Waals surface area contributed by atoms with E-state index in [0.29, 0.717) is 6.04 Å². The van der Waals surface area contributed by atoms with Gasteiger partial charge in [-0.3, -0.25) is 0 Å². The van der Waals surface area contributed by atoms with Gasteiger partial charge in [0.15, 0.2) is 0 Å². The minimum Gasteiger partial charge on any atom is -0.305 e. The van der Waals surface area contributed by atoms with Gasteiger partial charge in [0.25, 0.3) is 0 Å². The Labute approximate surface area is 125 Å². The van der Waals surface area contributed by atoms with Gasteiger partial charge < -0.3 is 5.32 Å². The second-order valence-corrected chi connectivity index (χ2v) is 6.99. The lowest BCUT2D eigenvalue weighted by Gasteiger charge is -2.15. The Morgan fingerprint density at radius 3 is 2.70 bits per heavy atom. The molecule has 0 saturated heterocycles. The van der Waals surface area contributed by atoms with Crippen LogP contribution in [0, 0.1) is 13.8 Å². The lowest BCUT2D eigenvalue weighted by atomic mass is 10.0. The molecule has 1 aliphatic rings. The van der Waals surface area contributed by atoms with E-state index < -0.39 is 0 Å². The van der Waals surface area contributed by atoms with Crippen LogP contribution in [0.1, 0.15) is 58.4 Å². The van der Waals surface area contributed by atoms with Crippen LogP contribution in [0.2, 0.25) is 0 Å². The molecule has 2 aromatic rings. The van der Waals surface area contributed by atoms with Crippen LogP contribution in [0.3, 0.4) is 0 Å². The normalized spacial score (nSPS) is 16.4. The molecule has 1 N–H and O–H groups in total. The smallest absolute Gasteiger partial charge is 0.0900 e. The van der Waals surface area contributed by atoms with Gasteiger partial charge in [0.2, 0.25) is 0 Å². The molecule has 1 heterocycles. The predicted octanol–water partition coefficient (Wildman–Crippen LogP) is 4.49. The summed E-state index contributed by atoms with van der Waals surface area (Å²) in [6.45, 7) is 7.37. The van der Waals surface area contributed by atoms with Crippen LogP contribution in [0.4, 0.5) is 0 Å². The Morgan fingerprint density at radius 2 is 2.05 bits per heavy atom. The maximum Gasteiger partial charge on any atom is 0.0900 e. The molecule has 2 nitrogen and oxygen atoms in total. The van der Waals surface area contributed by atoms with Crippen molar-refractivity contribution < 1.29 is 0 Å². The molecule has 0 amide bonds. The molecule has 1 aromatic carbocycles. The zero-order valence-corrected chi connectivity index (χ0v) is 13.3. The lowest BCUT2D eigenvalue weighted by molar-refractivity contribution is 0.577. The first kappa shape index (κ1) is 13.8. The highest BCUT2D eigenvalue weighted by molar-refractivity contribution is 7.11. The molecule has 0 aliphatic heterocycles. The Hall–Kier alpha value is -1.19. The second kappa shape index (κ2) is 5.66. The van der Waals surface area contributed by atoms with Crippen LogP contribution < -0.4 is 5.32 Å². The van der Waals surface area contributed by atoms with Gasteiger partial charge in [-0.2, -0.15) is 0 Å². The van der Waals surface area contributed by atoms with Crippen LogP contribution in [0.5, 0.6) is 0 Å². The number of hydrogen-bond donors (Lipinski definition) is 1. The Kier molecular flexibility index (Phi) is 3.90. The topological polar surface area (TPSA) is 24.9 Å². The van der Waals surface area contributed by atoms with Crippen molar-refractivity contribution in [2.24, 2.45) is 0 Å². The lowest BCUT2D eigenvalue weighted by Crippen LogP contribution is -2.18. The van der Waals surface area contributed by atoms with Crippen LogP contribution >= 0.6 is 11.3 Å². The van der Waals surface area contributed by atoms with Crippen molar-refractivity contribution in [2.75, 3.05) is 0 Å². The third kappa shape index (κ3) is 2.94. The number of nitrogens with zero attached hydrogens (tertiary/aromatic N) is 1. The van der Waals surface area contributed by atoms with E-state index in [9.17, 15) is 0 Å². The summed E-state index contributed by atoms with van der Waals surface area (Å²) < 4.78 is 0. The molecule has 1 fully saturated rings. The fourth-order valence-corrected chi connectivity index (χ4v) is 3.75. The summed E-state index contributed by atoms with van der Waals surface area (Å²) >= 11 is 1.81. The standard InChI is InChI=1S/C17H22N2S/c1-11(17-12(2)19-13(3)20-17)18-10-15-6-4-5-7-16(15)14-8-9-14/h4-7,11,14,18H,8-10H2,1-3H3. The molecule has 1 aromatic heterocycles. The van der Waals surface area contributed by atoms with Crippen molar-refractivity contribution in [3.63, 3.8) is 0 Å². The number of aromatic nitrogens is 1. The Morgan fingerprint density at radius 1 is 1.30 bits per heavy atom. The second-order valence-electron chi connectivity index (χ2n) is 5.76. The third-order valence-electron chi connectivity index (χ3n) is 4.00. The highest BCUT2D eigenvalue weighted by Crippen LogP contribution is 2.41. The monoisotopic (exact) mass is 286 g/mol. The van der Waals surface area contributed by atoms with E-state index in [1.807, 2.05) is 0 Å². The summed E-state index contributed by atoms with van der Waals surface area (Å²) in [5.41, 5.74) is 4.17. The number of aryl methyl sites for hydroxylation is 2. The molecule has 1 saturated carbocycles. The first-order valence-corrected chi connectivity index (χ1v) is 8.22. The number of benzene rings is 1. The van der Waals surface area contributed by atoms with E-state index in [2.05, 4.69) is 55.3 Å². The van der Waals surface area contributed by atoms with Crippen LogP contribution in [-0.2, 0) is 6.54 Å². The zero-order valence-electron chi connectivity index (χ0n) is 12.4. The largest absolute Gasteiger partial charge is 0.305 e. The summed E-state index contributed by atoms with van der Waals surface area (Å²) in [4.78, 5) is 5.89. The molecule has 0 radical (unpaired) electrons. The van der Waals surface area contributed by atoms with Crippen LogP contribution in [0.25, 0.3) is 0 Å². The number of nitrogens with one attached hydrogen (secondary N) is 1. The van der Waals surface area contributed by atoms with Gasteiger partial charge in [0.05, 0.1) is 10.7 Å². The van der Waals surface area contributed by atoms with Gasteiger partial charge in [-0.05, 0) is 50.7 Å². The van der Waals surface area contributed by atoms with Crippen LogP contribution in [0.15, 0.2) is 24.3 Å².